The molecule has 1 N–H and O–H groups in total. The minimum atomic E-state index is 0. The summed E-state index contributed by atoms with van der Waals surface area (Å²) < 4.78 is 1.67. The first-order valence-corrected chi connectivity index (χ1v) is 15.1. The molecule has 6 nitrogen and oxygen atoms in total. The van der Waals surface area contributed by atoms with Gasteiger partial charge >= 0.3 is 21.1 Å². The van der Waals surface area contributed by atoms with Crippen molar-refractivity contribution in [3.63, 3.8) is 0 Å². The molecule has 0 saturated carbocycles. The first-order chi connectivity index (χ1) is 20.6. The molecule has 0 bridgehead atoms. The smallest absolute Gasteiger partial charge is 0.506 e. The van der Waals surface area contributed by atoms with Gasteiger partial charge in [0.1, 0.15) is 17.3 Å². The molecule has 0 atom stereocenters. The normalized spacial score (nSPS) is 12.8. The Bertz CT molecular complexity index is 1760. The number of aryl methyl sites for hydroxylation is 1. The third kappa shape index (κ3) is 5.68. The average molecular weight is 765 g/mol. The summed E-state index contributed by atoms with van der Waals surface area (Å²) in [5.41, 5.74) is 9.87. The van der Waals surface area contributed by atoms with E-state index in [9.17, 15) is 5.11 Å². The molecular weight excluding hydrogens is 726 g/mol. The quantitative estimate of drug-likeness (QED) is 0.168. The van der Waals surface area contributed by atoms with E-state index in [1.165, 1.54) is 22.4 Å². The molecule has 1 aliphatic heterocycles. The monoisotopic (exact) mass is 764 g/mol. The maximum absolute atomic E-state index is 10.4. The van der Waals surface area contributed by atoms with Gasteiger partial charge in [0.05, 0.1) is 5.82 Å². The molecule has 0 saturated heterocycles. The summed E-state index contributed by atoms with van der Waals surface area (Å²) in [5.74, 6) is 2.59. The first kappa shape index (κ1) is 31.5. The number of hydrogen-bond donors (Lipinski definition) is 1. The summed E-state index contributed by atoms with van der Waals surface area (Å²) in [5, 5.41) is 15.2. The molecule has 0 unspecified atom stereocenters. The second-order valence-electron chi connectivity index (χ2n) is 12.2. The van der Waals surface area contributed by atoms with E-state index in [0.717, 1.165) is 22.6 Å². The molecule has 4 aromatic carbocycles. The van der Waals surface area contributed by atoms with Crippen LogP contribution in [0.4, 0.5) is 22.7 Å². The molecule has 0 aliphatic carbocycles. The summed E-state index contributed by atoms with van der Waals surface area (Å²) in [6.45, 7) is 17.8. The number of rotatable bonds is 7. The van der Waals surface area contributed by atoms with Crippen LogP contribution < -0.4 is 9.80 Å². The topological polar surface area (TPSA) is 57.4 Å². The fourth-order valence-corrected chi connectivity index (χ4v) is 5.78. The first-order valence-electron chi connectivity index (χ1n) is 15.1. The number of para-hydroxylation sites is 4. The van der Waals surface area contributed by atoms with Gasteiger partial charge < -0.3 is 14.9 Å². The van der Waals surface area contributed by atoms with Crippen LogP contribution in [0.15, 0.2) is 78.9 Å². The van der Waals surface area contributed by atoms with E-state index in [1.807, 2.05) is 31.2 Å². The Balaban J connectivity index is 0.00000384. The maximum Gasteiger partial charge on any atom is 2.00 e. The van der Waals surface area contributed by atoms with Crippen molar-refractivity contribution in [2.24, 2.45) is 0 Å². The maximum atomic E-state index is 10.4. The molecule has 2 heterocycles. The fourth-order valence-electron chi connectivity index (χ4n) is 5.78. The van der Waals surface area contributed by atoms with E-state index in [4.69, 9.17) is 10.1 Å². The Kier molecular flexibility index (Phi) is 9.04. The number of nitrogens with zero attached hydrogens (tertiary/aromatic N) is 5. The fraction of sp³-hybridized carbons (Fsp3) is 0.270. The molecule has 7 heteroatoms. The third-order valence-electron chi connectivity index (χ3n) is 8.13. The van der Waals surface area contributed by atoms with Crippen molar-refractivity contribution < 1.29 is 26.2 Å². The standard InChI is InChI=1S/C37H39N5O.Pt/c1-23(2)28-20-30(24(3)4)36(31(21-28)25(5)6)41-22-40(32-15-8-9-16-33(32)41)29-14-12-13-27(19-29)37-38-26(7)42(39-37)34-17-10-11-18-35(34)43;/h8-18,20-25,43H,1-7H3;/q-2;+2. The van der Waals surface area contributed by atoms with Crippen LogP contribution in [-0.2, 0) is 21.1 Å². The van der Waals surface area contributed by atoms with E-state index >= 15 is 0 Å². The Labute approximate surface area is 275 Å². The average Bonchev–Trinajstić information content (AvgIpc) is 3.57. The van der Waals surface area contributed by atoms with Crippen molar-refractivity contribution in [1.29, 1.82) is 0 Å². The molecule has 44 heavy (non-hydrogen) atoms. The van der Waals surface area contributed by atoms with Gasteiger partial charge in [-0.2, -0.15) is 5.10 Å². The van der Waals surface area contributed by atoms with Crippen LogP contribution in [-0.4, -0.2) is 19.9 Å². The summed E-state index contributed by atoms with van der Waals surface area (Å²) in [6, 6.07) is 30.2. The van der Waals surface area contributed by atoms with Gasteiger partial charge in [-0.3, -0.25) is 4.98 Å². The Hall–Kier alpha value is -3.89. The molecule has 228 valence electrons. The van der Waals surface area contributed by atoms with Gasteiger partial charge in [0.15, 0.2) is 0 Å². The second kappa shape index (κ2) is 12.6. The molecule has 6 rings (SSSR count). The third-order valence-corrected chi connectivity index (χ3v) is 8.13. The second-order valence-corrected chi connectivity index (χ2v) is 12.2. The summed E-state index contributed by atoms with van der Waals surface area (Å²) in [6.07, 6.45) is 0. The zero-order valence-electron chi connectivity index (χ0n) is 26.3. The molecule has 0 amide bonds. The van der Waals surface area contributed by atoms with Crippen molar-refractivity contribution in [2.75, 3.05) is 9.80 Å². The van der Waals surface area contributed by atoms with Crippen molar-refractivity contribution >= 4 is 22.7 Å². The summed E-state index contributed by atoms with van der Waals surface area (Å²) in [7, 11) is 0. The molecule has 0 fully saturated rings. The number of aromatic nitrogens is 3. The SMILES string of the molecule is Cc1nc(-c2[c-]c(N3[CH-]N(c4c(C(C)C)cc(C(C)C)cc4C(C)C)c4ccccc43)ccc2)nn1-c1ccccc1O.[Pt+2]. The van der Waals surface area contributed by atoms with Crippen LogP contribution in [0.2, 0.25) is 0 Å². The van der Waals surface area contributed by atoms with Gasteiger partial charge in [-0.1, -0.05) is 83.6 Å². The summed E-state index contributed by atoms with van der Waals surface area (Å²) >= 11 is 0. The number of aromatic hydroxyl groups is 1. The molecule has 0 spiro atoms. The summed E-state index contributed by atoms with van der Waals surface area (Å²) in [4.78, 5) is 9.29. The number of phenols is 1. The van der Waals surface area contributed by atoms with Gasteiger partial charge in [-0.25, -0.2) is 4.68 Å². The van der Waals surface area contributed by atoms with E-state index in [0.29, 0.717) is 35.1 Å². The van der Waals surface area contributed by atoms with Crippen LogP contribution in [0.1, 0.15) is 81.8 Å². The van der Waals surface area contributed by atoms with Gasteiger partial charge in [0.25, 0.3) is 0 Å². The van der Waals surface area contributed by atoms with Gasteiger partial charge in [0.2, 0.25) is 0 Å². The number of benzene rings is 4. The van der Waals surface area contributed by atoms with E-state index < -0.39 is 0 Å². The largest absolute Gasteiger partial charge is 2.00 e. The molecule has 5 aromatic rings. The van der Waals surface area contributed by atoms with Crippen molar-refractivity contribution in [2.45, 2.75) is 66.2 Å². The van der Waals surface area contributed by atoms with Gasteiger partial charge in [-0.05, 0) is 65.6 Å². The van der Waals surface area contributed by atoms with Crippen LogP contribution in [0.3, 0.4) is 0 Å². The molecule has 1 aromatic heterocycles. The number of phenolic OH excluding ortho intramolecular Hbond substituents is 1. The van der Waals surface area contributed by atoms with Crippen LogP contribution in [0.25, 0.3) is 17.1 Å². The predicted octanol–water partition coefficient (Wildman–Crippen LogP) is 9.53. The Morgan fingerprint density at radius 2 is 1.32 bits per heavy atom. The van der Waals surface area contributed by atoms with Gasteiger partial charge in [0, 0.05) is 17.1 Å². The molecule has 0 radical (unpaired) electrons. The zero-order chi connectivity index (χ0) is 30.4. The minimum absolute atomic E-state index is 0. The number of hydrogen-bond acceptors (Lipinski definition) is 5. The van der Waals surface area contributed by atoms with E-state index in [2.05, 4.69) is 107 Å². The van der Waals surface area contributed by atoms with E-state index in [-0.39, 0.29) is 26.8 Å². The van der Waals surface area contributed by atoms with Crippen molar-refractivity contribution in [1.82, 2.24) is 14.8 Å². The molecular formula is C37H39N5OPt. The van der Waals surface area contributed by atoms with Crippen LogP contribution in [0.5, 0.6) is 5.75 Å². The number of anilines is 4. The Morgan fingerprint density at radius 3 is 1.91 bits per heavy atom. The van der Waals surface area contributed by atoms with Crippen LogP contribution in [0, 0.1) is 19.7 Å². The van der Waals surface area contributed by atoms with Crippen molar-refractivity contribution in [3.05, 3.63) is 114 Å². The Morgan fingerprint density at radius 1 is 0.727 bits per heavy atom. The predicted molar refractivity (Wildman–Crippen MR) is 176 cm³/mol. The van der Waals surface area contributed by atoms with Crippen molar-refractivity contribution in [3.8, 4) is 22.8 Å². The van der Waals surface area contributed by atoms with E-state index in [1.54, 1.807) is 16.8 Å². The van der Waals surface area contributed by atoms with Crippen LogP contribution >= 0.6 is 0 Å². The van der Waals surface area contributed by atoms with Gasteiger partial charge in [-0.15, -0.1) is 36.5 Å². The molecule has 1 aliphatic rings. The minimum Gasteiger partial charge on any atom is -0.506 e. The zero-order valence-corrected chi connectivity index (χ0v) is 28.6. The number of fused-ring (bicyclic) bond motifs is 1.